The number of hydrogen-bond donors (Lipinski definition) is 1. The number of nitrogens with two attached hydrogens (primary N) is 1. The lowest BCUT2D eigenvalue weighted by Gasteiger charge is -2.24. The van der Waals surface area contributed by atoms with E-state index in [2.05, 4.69) is 36.9 Å². The fourth-order valence-electron chi connectivity index (χ4n) is 2.24. The monoisotopic (exact) mass is 204 g/mol. The maximum atomic E-state index is 5.91. The van der Waals surface area contributed by atoms with E-state index in [0.717, 1.165) is 6.54 Å². The van der Waals surface area contributed by atoms with Gasteiger partial charge in [0.15, 0.2) is 0 Å². The molecule has 1 aromatic rings. The van der Waals surface area contributed by atoms with E-state index in [4.69, 9.17) is 5.73 Å². The zero-order valence-corrected chi connectivity index (χ0v) is 9.83. The first-order valence-electron chi connectivity index (χ1n) is 5.74. The summed E-state index contributed by atoms with van der Waals surface area (Å²) in [6.07, 6.45) is 1.17. The summed E-state index contributed by atoms with van der Waals surface area (Å²) < 4.78 is 0. The van der Waals surface area contributed by atoms with Crippen molar-refractivity contribution in [2.24, 2.45) is 5.73 Å². The van der Waals surface area contributed by atoms with E-state index < -0.39 is 0 Å². The van der Waals surface area contributed by atoms with Gasteiger partial charge in [-0.25, -0.2) is 0 Å². The van der Waals surface area contributed by atoms with Crippen molar-refractivity contribution in [3.05, 3.63) is 29.3 Å². The molecule has 2 heteroatoms. The van der Waals surface area contributed by atoms with Crippen LogP contribution in [0.1, 0.15) is 37.9 Å². The van der Waals surface area contributed by atoms with Gasteiger partial charge in [-0.2, -0.15) is 0 Å². The topological polar surface area (TPSA) is 29.3 Å². The minimum Gasteiger partial charge on any atom is -0.369 e. The molecular weight excluding hydrogens is 184 g/mol. The van der Waals surface area contributed by atoms with Gasteiger partial charge in [0.2, 0.25) is 0 Å². The summed E-state index contributed by atoms with van der Waals surface area (Å²) in [5, 5.41) is 0. The molecule has 0 spiro atoms. The van der Waals surface area contributed by atoms with E-state index in [-0.39, 0.29) is 6.04 Å². The summed E-state index contributed by atoms with van der Waals surface area (Å²) in [6.45, 7) is 7.67. The molecule has 15 heavy (non-hydrogen) atoms. The standard InChI is InChI=1S/C13H20N2/c1-9(2)15-7-6-11-4-5-12(10(3)14)8-13(11)15/h4-5,8-10H,6-7,14H2,1-3H3. The molecule has 1 atom stereocenters. The third-order valence-corrected chi connectivity index (χ3v) is 3.19. The van der Waals surface area contributed by atoms with Crippen LogP contribution in [0.25, 0.3) is 0 Å². The van der Waals surface area contributed by atoms with Crippen LogP contribution < -0.4 is 10.6 Å². The molecule has 2 N–H and O–H groups in total. The average Bonchev–Trinajstić information content (AvgIpc) is 2.59. The quantitative estimate of drug-likeness (QED) is 0.802. The average molecular weight is 204 g/mol. The molecule has 2 rings (SSSR count). The van der Waals surface area contributed by atoms with Crippen LogP contribution in [0.5, 0.6) is 0 Å². The zero-order chi connectivity index (χ0) is 11.0. The second kappa shape index (κ2) is 3.86. The van der Waals surface area contributed by atoms with Gasteiger partial charge in [0.25, 0.3) is 0 Å². The molecule has 1 aliphatic heterocycles. The molecule has 1 aromatic carbocycles. The molecule has 2 nitrogen and oxygen atoms in total. The smallest absolute Gasteiger partial charge is 0.0405 e. The normalized spacial score (nSPS) is 17.0. The molecule has 0 radical (unpaired) electrons. The summed E-state index contributed by atoms with van der Waals surface area (Å²) in [7, 11) is 0. The number of fused-ring (bicyclic) bond motifs is 1. The van der Waals surface area contributed by atoms with Crippen molar-refractivity contribution >= 4 is 5.69 Å². The Hall–Kier alpha value is -1.02. The summed E-state index contributed by atoms with van der Waals surface area (Å²) in [4.78, 5) is 2.46. The van der Waals surface area contributed by atoms with Crippen LogP contribution in [0, 0.1) is 0 Å². The van der Waals surface area contributed by atoms with Crippen LogP contribution >= 0.6 is 0 Å². The van der Waals surface area contributed by atoms with Crippen molar-refractivity contribution in [3.8, 4) is 0 Å². The lowest BCUT2D eigenvalue weighted by atomic mass is 10.0. The maximum Gasteiger partial charge on any atom is 0.0405 e. The Morgan fingerprint density at radius 3 is 2.60 bits per heavy atom. The van der Waals surface area contributed by atoms with Gasteiger partial charge in [0.1, 0.15) is 0 Å². The fourth-order valence-corrected chi connectivity index (χ4v) is 2.24. The molecule has 1 aliphatic rings. The summed E-state index contributed by atoms with van der Waals surface area (Å²) in [5.41, 5.74) is 10.0. The molecule has 0 saturated carbocycles. The molecular formula is C13H20N2. The fraction of sp³-hybridized carbons (Fsp3) is 0.538. The van der Waals surface area contributed by atoms with Crippen molar-refractivity contribution < 1.29 is 0 Å². The van der Waals surface area contributed by atoms with Gasteiger partial charge in [-0.1, -0.05) is 12.1 Å². The first kappa shape index (κ1) is 10.5. The molecule has 0 fully saturated rings. The predicted molar refractivity (Wildman–Crippen MR) is 65.2 cm³/mol. The number of benzene rings is 1. The molecule has 1 heterocycles. The lowest BCUT2D eigenvalue weighted by molar-refractivity contribution is 0.709. The second-order valence-electron chi connectivity index (χ2n) is 4.71. The highest BCUT2D eigenvalue weighted by Gasteiger charge is 2.21. The van der Waals surface area contributed by atoms with Crippen LogP contribution in [0.15, 0.2) is 18.2 Å². The summed E-state index contributed by atoms with van der Waals surface area (Å²) >= 11 is 0. The minimum absolute atomic E-state index is 0.130. The van der Waals surface area contributed by atoms with E-state index >= 15 is 0 Å². The van der Waals surface area contributed by atoms with E-state index in [1.54, 1.807) is 0 Å². The lowest BCUT2D eigenvalue weighted by Crippen LogP contribution is -2.28. The second-order valence-corrected chi connectivity index (χ2v) is 4.71. The van der Waals surface area contributed by atoms with Gasteiger partial charge in [0.05, 0.1) is 0 Å². The van der Waals surface area contributed by atoms with E-state index in [1.165, 1.54) is 23.2 Å². The Kier molecular flexibility index (Phi) is 2.70. The van der Waals surface area contributed by atoms with Crippen LogP contribution in [0.2, 0.25) is 0 Å². The number of hydrogen-bond acceptors (Lipinski definition) is 2. The van der Waals surface area contributed by atoms with Crippen LogP contribution in [-0.2, 0) is 6.42 Å². The van der Waals surface area contributed by atoms with Gasteiger partial charge in [0, 0.05) is 24.3 Å². The van der Waals surface area contributed by atoms with E-state index in [9.17, 15) is 0 Å². The number of nitrogens with zero attached hydrogens (tertiary/aromatic N) is 1. The van der Waals surface area contributed by atoms with E-state index in [0.29, 0.717) is 6.04 Å². The van der Waals surface area contributed by atoms with Gasteiger partial charge < -0.3 is 10.6 Å². The molecule has 0 amide bonds. The van der Waals surface area contributed by atoms with Crippen molar-refractivity contribution in [2.45, 2.75) is 39.3 Å². The van der Waals surface area contributed by atoms with Crippen molar-refractivity contribution in [2.75, 3.05) is 11.4 Å². The zero-order valence-electron chi connectivity index (χ0n) is 9.83. The third kappa shape index (κ3) is 1.86. The van der Waals surface area contributed by atoms with Gasteiger partial charge in [-0.3, -0.25) is 0 Å². The first-order chi connectivity index (χ1) is 7.09. The van der Waals surface area contributed by atoms with Gasteiger partial charge >= 0.3 is 0 Å². The largest absolute Gasteiger partial charge is 0.369 e. The molecule has 1 unspecified atom stereocenters. The Labute approximate surface area is 92.1 Å². The first-order valence-corrected chi connectivity index (χ1v) is 5.74. The summed E-state index contributed by atoms with van der Waals surface area (Å²) in [5.74, 6) is 0. The predicted octanol–water partition coefficient (Wildman–Crippen LogP) is 2.48. The van der Waals surface area contributed by atoms with Crippen LogP contribution in [0.4, 0.5) is 5.69 Å². The maximum absolute atomic E-state index is 5.91. The van der Waals surface area contributed by atoms with Crippen molar-refractivity contribution in [1.82, 2.24) is 0 Å². The molecule has 0 bridgehead atoms. The Morgan fingerprint density at radius 1 is 1.27 bits per heavy atom. The SMILES string of the molecule is CC(N)c1ccc2c(c1)N(C(C)C)CC2. The molecule has 82 valence electrons. The third-order valence-electron chi connectivity index (χ3n) is 3.19. The Morgan fingerprint density at radius 2 is 2.00 bits per heavy atom. The highest BCUT2D eigenvalue weighted by molar-refractivity contribution is 5.60. The van der Waals surface area contributed by atoms with Gasteiger partial charge in [-0.15, -0.1) is 0 Å². The number of rotatable bonds is 2. The highest BCUT2D eigenvalue weighted by Crippen LogP contribution is 2.31. The molecule has 0 aliphatic carbocycles. The van der Waals surface area contributed by atoms with E-state index in [1.807, 2.05) is 6.92 Å². The number of anilines is 1. The Bertz CT molecular complexity index is 356. The Balaban J connectivity index is 2.38. The van der Waals surface area contributed by atoms with Crippen molar-refractivity contribution in [1.29, 1.82) is 0 Å². The molecule has 0 aromatic heterocycles. The van der Waals surface area contributed by atoms with Gasteiger partial charge in [-0.05, 0) is 44.4 Å². The molecule has 0 saturated heterocycles. The highest BCUT2D eigenvalue weighted by atomic mass is 15.2. The summed E-state index contributed by atoms with van der Waals surface area (Å²) in [6, 6.07) is 7.36. The minimum atomic E-state index is 0.130. The van der Waals surface area contributed by atoms with Crippen LogP contribution in [-0.4, -0.2) is 12.6 Å². The van der Waals surface area contributed by atoms with Crippen molar-refractivity contribution in [3.63, 3.8) is 0 Å². The van der Waals surface area contributed by atoms with Crippen LogP contribution in [0.3, 0.4) is 0 Å².